The summed E-state index contributed by atoms with van der Waals surface area (Å²) in [6, 6.07) is 15.7. The van der Waals surface area contributed by atoms with E-state index in [2.05, 4.69) is 47.9 Å². The average molecular weight is 1130 g/mol. The second-order valence-electron chi connectivity index (χ2n) is 22.2. The molecule has 0 bridgehead atoms. The van der Waals surface area contributed by atoms with Crippen LogP contribution in [-0.4, -0.2) is 115 Å². The number of esters is 4. The van der Waals surface area contributed by atoms with E-state index in [1.807, 2.05) is 27.7 Å². The molecule has 20 nitrogen and oxygen atoms in total. The molecule has 3 aliphatic rings. The van der Waals surface area contributed by atoms with Gasteiger partial charge in [0, 0.05) is 23.3 Å². The maximum absolute atomic E-state index is 15.2. The molecule has 20 heteroatoms. The Morgan fingerprint density at radius 2 is 1.32 bits per heavy atom. The first kappa shape index (κ1) is 63.3. The standard InChI is InChI=1S/C62H76N6O14/c1-34(2)59(73)79-29-46(80-60(74)35(3)4)28-63-42(11)57(71)66-55-51(61(75)81-53-38(7)23-36(5)24-39(53)8)49(44-19-15-13-16-20-44)47(64-55)27-48-50(45-21-17-14-18-22-45)52(62(76)82-54-40(9)25-37(6)26-41(54)10)56(65-48)67-58(72)43(12)68(30-77-32-69)31-78-33-70/h13-22,27,32,36-43,46,53-54,63H,1,3,23-26,28-31H2,2,4-12H3,(H2-,64,65,66,67,71,72,75,76)/p+1. The minimum atomic E-state index is -1.14. The molecule has 2 heterocycles. The van der Waals surface area contributed by atoms with Crippen LogP contribution >= 0.6 is 0 Å². The number of nitrogens with zero attached hydrogens (tertiary/aromatic N) is 2. The van der Waals surface area contributed by atoms with Crippen LogP contribution < -0.4 is 16.0 Å². The van der Waals surface area contributed by atoms with Gasteiger partial charge in [0.15, 0.2) is 0 Å². The Labute approximate surface area is 479 Å². The van der Waals surface area contributed by atoms with E-state index in [9.17, 15) is 28.6 Å². The SMILES string of the molecule is C=C(C)C(=O)OCC(CNC(C)C(=O)NC1=NC(=Cc2[nH]c(NC(=O)C(C)N(COC#[O+])COC=O)c(C(=O)OC3C(C)CC(C)CC3C)c2-c2ccccc2)C(c2ccccc2)=C1C(=O)OC1C(C)CC(C)CC1C)OC(=O)C(=C)C. The summed E-state index contributed by atoms with van der Waals surface area (Å²) < 4.78 is 44.7. The van der Waals surface area contributed by atoms with Crippen molar-refractivity contribution in [2.45, 2.75) is 125 Å². The number of hydrogen-bond donors (Lipinski definition) is 4. The Kier molecular flexibility index (Phi) is 22.5. The smallest absolute Gasteiger partial charge is 0.458 e. The third-order valence-corrected chi connectivity index (χ3v) is 15.1. The Bertz CT molecular complexity index is 2970. The number of H-pyrrole nitrogens is 1. The van der Waals surface area contributed by atoms with Crippen LogP contribution in [0.1, 0.15) is 117 Å². The number of carbonyl (C=O) groups excluding carboxylic acids is 7. The molecule has 0 spiro atoms. The van der Waals surface area contributed by atoms with Crippen LogP contribution in [0.25, 0.3) is 22.8 Å². The second-order valence-corrected chi connectivity index (χ2v) is 22.2. The van der Waals surface area contributed by atoms with E-state index >= 15 is 9.59 Å². The van der Waals surface area contributed by atoms with Crippen LogP contribution in [0.3, 0.4) is 0 Å². The Morgan fingerprint density at radius 3 is 1.85 bits per heavy atom. The molecule has 2 saturated carbocycles. The zero-order valence-electron chi connectivity index (χ0n) is 48.5. The fourth-order valence-electron chi connectivity index (χ4n) is 11.1. The molecule has 7 unspecified atom stereocenters. The molecule has 1 aliphatic heterocycles. The number of amidine groups is 1. The summed E-state index contributed by atoms with van der Waals surface area (Å²) in [6.45, 7) is 24.4. The van der Waals surface area contributed by atoms with Gasteiger partial charge in [-0.1, -0.05) is 103 Å². The zero-order valence-corrected chi connectivity index (χ0v) is 48.5. The van der Waals surface area contributed by atoms with Gasteiger partial charge in [-0.15, -0.1) is 0 Å². The first-order chi connectivity index (χ1) is 39.0. The van der Waals surface area contributed by atoms with Crippen LogP contribution in [0.15, 0.2) is 101 Å². The number of aliphatic imine (C=N–C) groups is 1. The van der Waals surface area contributed by atoms with Crippen molar-refractivity contribution >= 4 is 65.5 Å². The summed E-state index contributed by atoms with van der Waals surface area (Å²) in [7, 11) is 0. The van der Waals surface area contributed by atoms with Crippen molar-refractivity contribution in [3.8, 4) is 17.5 Å². The van der Waals surface area contributed by atoms with Crippen molar-refractivity contribution in [2.24, 2.45) is 40.5 Å². The Hall–Kier alpha value is -7.90. The molecular formula is C62H77N6O14+. The van der Waals surface area contributed by atoms with Crippen molar-refractivity contribution in [1.29, 1.82) is 0 Å². The predicted octanol–water partition coefficient (Wildman–Crippen LogP) is 8.51. The van der Waals surface area contributed by atoms with Gasteiger partial charge >= 0.3 is 176 Å². The topological polar surface area (TPSA) is 262 Å². The van der Waals surface area contributed by atoms with E-state index < -0.39 is 79.5 Å². The first-order valence-corrected chi connectivity index (χ1v) is 27.7. The summed E-state index contributed by atoms with van der Waals surface area (Å²) in [4.78, 5) is 105. The number of aromatic amines is 1. The van der Waals surface area contributed by atoms with Gasteiger partial charge in [-0.2, -0.15) is 0 Å². The van der Waals surface area contributed by atoms with Gasteiger partial charge in [-0.3, -0.25) is 4.79 Å². The molecule has 3 aromatic rings. The zero-order chi connectivity index (χ0) is 59.9. The van der Waals surface area contributed by atoms with Gasteiger partial charge in [0.2, 0.25) is 5.91 Å². The molecule has 0 saturated heterocycles. The van der Waals surface area contributed by atoms with Crippen molar-refractivity contribution in [1.82, 2.24) is 20.5 Å². The molecule has 0 radical (unpaired) electrons. The van der Waals surface area contributed by atoms with E-state index in [-0.39, 0.29) is 94.2 Å². The average Bonchev–Trinajstić information content (AvgIpc) is 4.23. The minimum Gasteiger partial charge on any atom is -0.458 e. The van der Waals surface area contributed by atoms with Gasteiger partial charge in [-0.25, -0.2) is 19.4 Å². The normalized spacial score (nSPS) is 23.0. The molecular weight excluding hydrogens is 1050 g/mol. The van der Waals surface area contributed by atoms with Gasteiger partial charge in [0.25, 0.3) is 0 Å². The van der Waals surface area contributed by atoms with Gasteiger partial charge < -0.3 is 24.8 Å². The monoisotopic (exact) mass is 1130 g/mol. The fraction of sp³-hybridized carbons (Fsp3) is 0.468. The van der Waals surface area contributed by atoms with Gasteiger partial charge in [0.1, 0.15) is 30.2 Å². The molecule has 2 amide bonds. The number of hydrogen-bond acceptors (Lipinski definition) is 16. The van der Waals surface area contributed by atoms with Gasteiger partial charge in [-0.05, 0) is 87.5 Å². The Morgan fingerprint density at radius 1 is 0.768 bits per heavy atom. The summed E-state index contributed by atoms with van der Waals surface area (Å²) >= 11 is 0. The number of amides is 2. The molecule has 2 aliphatic carbocycles. The quantitative estimate of drug-likeness (QED) is 0.0164. The summed E-state index contributed by atoms with van der Waals surface area (Å²) in [5.41, 5.74) is 2.11. The molecule has 2 aromatic carbocycles. The molecule has 7 atom stereocenters. The number of rotatable bonds is 24. The van der Waals surface area contributed by atoms with Crippen molar-refractivity contribution in [3.05, 3.63) is 113 Å². The number of aromatic nitrogens is 1. The van der Waals surface area contributed by atoms with E-state index in [0.29, 0.717) is 28.5 Å². The number of nitrogens with one attached hydrogen (secondary N) is 4. The number of ether oxygens (including phenoxy) is 6. The molecule has 438 valence electrons. The molecule has 6 rings (SSSR count). The molecule has 2 fully saturated rings. The van der Waals surface area contributed by atoms with Crippen LogP contribution in [0.2, 0.25) is 0 Å². The van der Waals surface area contributed by atoms with E-state index in [0.717, 1.165) is 25.7 Å². The number of benzene rings is 2. The van der Waals surface area contributed by atoms with E-state index in [1.165, 1.54) is 32.0 Å². The fourth-order valence-corrected chi connectivity index (χ4v) is 11.1. The number of carbonyl (C=O) groups is 7. The van der Waals surface area contributed by atoms with Crippen LogP contribution in [0, 0.1) is 41.8 Å². The molecule has 82 heavy (non-hydrogen) atoms. The van der Waals surface area contributed by atoms with Crippen molar-refractivity contribution < 1.29 is 66.6 Å². The van der Waals surface area contributed by atoms with Crippen LogP contribution in [0.5, 0.6) is 0 Å². The third kappa shape index (κ3) is 16.2. The van der Waals surface area contributed by atoms with Crippen LogP contribution in [0.4, 0.5) is 5.82 Å². The summed E-state index contributed by atoms with van der Waals surface area (Å²) in [5, 5.41) is 8.78. The van der Waals surface area contributed by atoms with E-state index in [1.54, 1.807) is 73.7 Å². The number of anilines is 1. The predicted molar refractivity (Wildman–Crippen MR) is 306 cm³/mol. The summed E-state index contributed by atoms with van der Waals surface area (Å²) in [6.07, 6.45) is 4.16. The van der Waals surface area contributed by atoms with Crippen molar-refractivity contribution in [3.63, 3.8) is 0 Å². The maximum atomic E-state index is 15.2. The Balaban J connectivity index is 1.54. The minimum absolute atomic E-state index is 0.00609. The van der Waals surface area contributed by atoms with Gasteiger partial charge in [0.05, 0.1) is 6.04 Å². The second kappa shape index (κ2) is 29.2. The van der Waals surface area contributed by atoms with Crippen LogP contribution in [-0.2, 0) is 61.8 Å². The number of allylic oxidation sites excluding steroid dienone is 1. The first-order valence-electron chi connectivity index (χ1n) is 27.7. The summed E-state index contributed by atoms with van der Waals surface area (Å²) in [5.74, 6) is -3.77. The molecule has 4 N–H and O–H groups in total. The third-order valence-electron chi connectivity index (χ3n) is 15.1. The van der Waals surface area contributed by atoms with E-state index in [4.69, 9.17) is 33.4 Å². The van der Waals surface area contributed by atoms with Crippen molar-refractivity contribution in [2.75, 3.05) is 31.9 Å². The molecule has 1 aromatic heterocycles.